The Morgan fingerprint density at radius 1 is 1.13 bits per heavy atom. The van der Waals surface area contributed by atoms with Crippen LogP contribution in [0.4, 0.5) is 10.1 Å². The van der Waals surface area contributed by atoms with Crippen LogP contribution in [0.25, 0.3) is 0 Å². The number of carbonyl (C=O) groups is 2. The lowest BCUT2D eigenvalue weighted by Gasteiger charge is -2.20. The zero-order valence-electron chi connectivity index (χ0n) is 20.8. The third kappa shape index (κ3) is 5.39. The number of rotatable bonds is 4. The van der Waals surface area contributed by atoms with E-state index in [1.807, 2.05) is 55.5 Å². The van der Waals surface area contributed by atoms with Crippen LogP contribution < -0.4 is 15.0 Å². The Hall–Kier alpha value is -4.97. The summed E-state index contributed by atoms with van der Waals surface area (Å²) >= 11 is 0. The first-order chi connectivity index (χ1) is 18.4. The summed E-state index contributed by atoms with van der Waals surface area (Å²) < 4.78 is 21.7. The zero-order chi connectivity index (χ0) is 26.6. The molecule has 0 aliphatic carbocycles. The van der Waals surface area contributed by atoms with Gasteiger partial charge in [-0.1, -0.05) is 42.3 Å². The predicted molar refractivity (Wildman–Crippen MR) is 139 cm³/mol. The molecule has 3 heterocycles. The number of aromatic nitrogens is 3. The Kier molecular flexibility index (Phi) is 6.87. The first-order valence-corrected chi connectivity index (χ1v) is 12.0. The summed E-state index contributed by atoms with van der Waals surface area (Å²) in [6.45, 7) is 2.08. The molecule has 0 spiro atoms. The van der Waals surface area contributed by atoms with Crippen LogP contribution in [0.5, 0.6) is 5.75 Å². The summed E-state index contributed by atoms with van der Waals surface area (Å²) in [6, 6.07) is 19.2. The van der Waals surface area contributed by atoms with Crippen molar-refractivity contribution in [1.82, 2.24) is 20.1 Å². The van der Waals surface area contributed by atoms with Crippen molar-refractivity contribution in [2.45, 2.75) is 19.5 Å². The molecule has 1 aliphatic rings. The lowest BCUT2D eigenvalue weighted by molar-refractivity contribution is -0.120. The molecule has 2 amide bonds. The minimum absolute atomic E-state index is 0.119. The number of pyridine rings is 1. The Morgan fingerprint density at radius 3 is 2.74 bits per heavy atom. The van der Waals surface area contributed by atoms with E-state index in [1.165, 1.54) is 9.58 Å². The van der Waals surface area contributed by atoms with E-state index in [0.717, 1.165) is 17.5 Å². The van der Waals surface area contributed by atoms with Crippen molar-refractivity contribution in [3.05, 3.63) is 107 Å². The lowest BCUT2D eigenvalue weighted by atomic mass is 10.1. The van der Waals surface area contributed by atoms with Gasteiger partial charge in [-0.3, -0.25) is 14.3 Å². The largest absolute Gasteiger partial charge is 0.489 e. The van der Waals surface area contributed by atoms with Crippen LogP contribution in [0, 0.1) is 24.6 Å². The molecular weight excluding hydrogens is 485 g/mol. The summed E-state index contributed by atoms with van der Waals surface area (Å²) in [7, 11) is 1.59. The number of fused-ring (bicyclic) bond motifs is 1. The van der Waals surface area contributed by atoms with Gasteiger partial charge in [0.1, 0.15) is 24.1 Å². The summed E-state index contributed by atoms with van der Waals surface area (Å²) in [6.07, 6.45) is 1.16. The van der Waals surface area contributed by atoms with E-state index in [-0.39, 0.29) is 12.3 Å². The summed E-state index contributed by atoms with van der Waals surface area (Å²) in [5, 5.41) is 6.65. The minimum Gasteiger partial charge on any atom is -0.489 e. The van der Waals surface area contributed by atoms with E-state index in [0.29, 0.717) is 29.2 Å². The summed E-state index contributed by atoms with van der Waals surface area (Å²) in [5.74, 6) is 4.56. The molecule has 2 aromatic carbocycles. The highest BCUT2D eigenvalue weighted by Gasteiger charge is 2.32. The smallest absolute Gasteiger partial charge is 0.275 e. The molecule has 8 nitrogen and oxygen atoms in total. The van der Waals surface area contributed by atoms with Gasteiger partial charge in [0.2, 0.25) is 0 Å². The van der Waals surface area contributed by atoms with Crippen LogP contribution in [0.2, 0.25) is 0 Å². The molecule has 0 fully saturated rings. The normalized spacial score (nSPS) is 14.6. The van der Waals surface area contributed by atoms with Crippen molar-refractivity contribution in [1.29, 1.82) is 0 Å². The number of hydrogen-bond donors (Lipinski definition) is 1. The molecule has 5 rings (SSSR count). The van der Waals surface area contributed by atoms with Gasteiger partial charge in [-0.15, -0.1) is 0 Å². The molecule has 1 aliphatic heterocycles. The average Bonchev–Trinajstić information content (AvgIpc) is 3.24. The number of carbonyl (C=O) groups excluding carboxylic acids is 2. The third-order valence-corrected chi connectivity index (χ3v) is 6.00. The van der Waals surface area contributed by atoms with Crippen LogP contribution in [0.1, 0.15) is 33.0 Å². The Bertz CT molecular complexity index is 1570. The number of benzene rings is 2. The monoisotopic (exact) mass is 509 g/mol. The molecule has 0 saturated heterocycles. The van der Waals surface area contributed by atoms with Gasteiger partial charge < -0.3 is 15.0 Å². The Morgan fingerprint density at radius 2 is 1.95 bits per heavy atom. The van der Waals surface area contributed by atoms with Crippen LogP contribution in [-0.4, -0.2) is 46.3 Å². The van der Waals surface area contributed by atoms with E-state index in [2.05, 4.69) is 27.2 Å². The fraction of sp³-hybridized carbons (Fsp3) is 0.172. The predicted octanol–water partition coefficient (Wildman–Crippen LogP) is 3.33. The first-order valence-electron chi connectivity index (χ1n) is 12.0. The molecular formula is C29H24FN5O3. The SMILES string of the molecule is Cc1cccc(C#Cc2ccc3c(c2)N(C)C(=O)[C@H](NC(=O)c2nn(Cc4ccccc4)cc2F)CO3)n1. The summed E-state index contributed by atoms with van der Waals surface area (Å²) in [5.41, 5.74) is 3.21. The molecule has 1 N–H and O–H groups in total. The van der Waals surface area contributed by atoms with E-state index in [4.69, 9.17) is 4.74 Å². The van der Waals surface area contributed by atoms with Gasteiger partial charge in [0.25, 0.3) is 11.8 Å². The van der Waals surface area contributed by atoms with Crippen molar-refractivity contribution in [3.63, 3.8) is 0 Å². The maximum atomic E-state index is 14.6. The van der Waals surface area contributed by atoms with Gasteiger partial charge in [-0.25, -0.2) is 9.37 Å². The topological polar surface area (TPSA) is 89.4 Å². The highest BCUT2D eigenvalue weighted by Crippen LogP contribution is 2.31. The molecule has 0 bridgehead atoms. The molecule has 0 radical (unpaired) electrons. The standard InChI is InChI=1S/C29H24FN5O3/c1-19-7-6-10-22(31-19)13-11-20-12-14-26-25(15-20)34(2)29(37)24(18-38-26)32-28(36)27-23(30)17-35(33-27)16-21-8-4-3-5-9-21/h3-10,12,14-15,17,24H,16,18H2,1-2H3,(H,32,36)/t24-/m1/s1. The molecule has 1 atom stereocenters. The number of likely N-dealkylation sites (N-methyl/N-ethyl adjacent to an activating group) is 1. The number of ether oxygens (including phenoxy) is 1. The second kappa shape index (κ2) is 10.6. The minimum atomic E-state index is -1.04. The molecule has 4 aromatic rings. The van der Waals surface area contributed by atoms with E-state index in [1.54, 1.807) is 25.2 Å². The van der Waals surface area contributed by atoms with Crippen LogP contribution in [0.15, 0.2) is 72.9 Å². The fourth-order valence-electron chi connectivity index (χ4n) is 4.06. The van der Waals surface area contributed by atoms with Gasteiger partial charge in [0, 0.05) is 18.3 Å². The van der Waals surface area contributed by atoms with E-state index in [9.17, 15) is 14.0 Å². The highest BCUT2D eigenvalue weighted by atomic mass is 19.1. The van der Waals surface area contributed by atoms with Crippen molar-refractivity contribution >= 4 is 17.5 Å². The quantitative estimate of drug-likeness (QED) is 0.427. The number of nitrogens with zero attached hydrogens (tertiary/aromatic N) is 4. The van der Waals surface area contributed by atoms with Crippen molar-refractivity contribution < 1.29 is 18.7 Å². The van der Waals surface area contributed by atoms with Crippen molar-refractivity contribution in [2.75, 3.05) is 18.6 Å². The average molecular weight is 510 g/mol. The van der Waals surface area contributed by atoms with Crippen LogP contribution >= 0.6 is 0 Å². The zero-order valence-corrected chi connectivity index (χ0v) is 20.8. The van der Waals surface area contributed by atoms with Gasteiger partial charge in [0.15, 0.2) is 11.5 Å². The van der Waals surface area contributed by atoms with Crippen molar-refractivity contribution in [2.24, 2.45) is 0 Å². The Balaban J connectivity index is 1.30. The van der Waals surface area contributed by atoms with Gasteiger partial charge in [0.05, 0.1) is 18.4 Å². The third-order valence-electron chi connectivity index (χ3n) is 6.00. The molecule has 38 heavy (non-hydrogen) atoms. The molecule has 9 heteroatoms. The second-order valence-corrected chi connectivity index (χ2v) is 8.84. The number of nitrogens with one attached hydrogen (secondary N) is 1. The van der Waals surface area contributed by atoms with Crippen molar-refractivity contribution in [3.8, 4) is 17.6 Å². The van der Waals surface area contributed by atoms with Crippen LogP contribution in [0.3, 0.4) is 0 Å². The maximum absolute atomic E-state index is 14.6. The van der Waals surface area contributed by atoms with Crippen LogP contribution in [-0.2, 0) is 11.3 Å². The maximum Gasteiger partial charge on any atom is 0.275 e. The number of anilines is 1. The number of hydrogen-bond acceptors (Lipinski definition) is 5. The number of halogens is 1. The molecule has 2 aromatic heterocycles. The lowest BCUT2D eigenvalue weighted by Crippen LogP contribution is -2.49. The Labute approximate surface area is 219 Å². The van der Waals surface area contributed by atoms with Gasteiger partial charge in [-0.2, -0.15) is 5.10 Å². The highest BCUT2D eigenvalue weighted by molar-refractivity contribution is 6.03. The number of aryl methyl sites for hydroxylation is 1. The molecule has 0 saturated carbocycles. The van der Waals surface area contributed by atoms with E-state index < -0.39 is 23.7 Å². The van der Waals surface area contributed by atoms with Gasteiger partial charge >= 0.3 is 0 Å². The molecule has 0 unspecified atom stereocenters. The molecule has 190 valence electrons. The van der Waals surface area contributed by atoms with Gasteiger partial charge in [-0.05, 0) is 48.7 Å². The second-order valence-electron chi connectivity index (χ2n) is 8.84. The summed E-state index contributed by atoms with van der Waals surface area (Å²) in [4.78, 5) is 31.8. The first kappa shape index (κ1) is 24.7. The number of amides is 2. The fourth-order valence-corrected chi connectivity index (χ4v) is 4.06. The van der Waals surface area contributed by atoms with E-state index >= 15 is 0 Å².